The lowest BCUT2D eigenvalue weighted by Crippen LogP contribution is -2.42. The van der Waals surface area contributed by atoms with Crippen LogP contribution in [-0.4, -0.2) is 42.5 Å². The fourth-order valence-corrected chi connectivity index (χ4v) is 4.72. The molecule has 128 valence electrons. The number of sulfonamides is 1. The molecule has 7 heteroatoms. The van der Waals surface area contributed by atoms with E-state index >= 15 is 0 Å². The van der Waals surface area contributed by atoms with Gasteiger partial charge in [0.15, 0.2) is 0 Å². The van der Waals surface area contributed by atoms with Crippen LogP contribution in [0.2, 0.25) is 0 Å². The molecule has 0 atom stereocenters. The average Bonchev–Trinajstić information content (AvgIpc) is 2.78. The highest BCUT2D eigenvalue weighted by molar-refractivity contribution is 7.90. The van der Waals surface area contributed by atoms with E-state index in [0.29, 0.717) is 10.8 Å². The summed E-state index contributed by atoms with van der Waals surface area (Å²) in [4.78, 5) is 26.6. The molecule has 3 rings (SSSR count). The minimum atomic E-state index is -3.95. The molecule has 1 aromatic carbocycles. The number of hydrogen-bond acceptors (Lipinski definition) is 4. The van der Waals surface area contributed by atoms with Gasteiger partial charge in [-0.1, -0.05) is 18.2 Å². The summed E-state index contributed by atoms with van der Waals surface area (Å²) in [6.45, 7) is 1.85. The highest BCUT2D eigenvalue weighted by Crippen LogP contribution is 2.30. The molecule has 1 heterocycles. The molecule has 1 aliphatic carbocycles. The summed E-state index contributed by atoms with van der Waals surface area (Å²) in [5.74, 6) is -0.997. The Hall–Kier alpha value is -2.15. The Balaban J connectivity index is 1.84. The van der Waals surface area contributed by atoms with E-state index in [2.05, 4.69) is 0 Å². The molecule has 0 radical (unpaired) electrons. The van der Waals surface area contributed by atoms with Crippen molar-refractivity contribution in [2.24, 2.45) is 0 Å². The predicted molar refractivity (Wildman–Crippen MR) is 88.6 cm³/mol. The molecule has 0 fully saturated rings. The van der Waals surface area contributed by atoms with Crippen molar-refractivity contribution < 1.29 is 18.0 Å². The molecule has 6 nitrogen and oxygen atoms in total. The van der Waals surface area contributed by atoms with Crippen molar-refractivity contribution in [3.05, 3.63) is 41.6 Å². The van der Waals surface area contributed by atoms with Gasteiger partial charge in [-0.3, -0.25) is 9.59 Å². The molecule has 2 aliphatic rings. The number of fused-ring (bicyclic) bond motifs is 1. The molecular formula is C17H20N2O4S. The maximum Gasteiger partial charge on any atom is 0.269 e. The molecule has 2 amide bonds. The number of carbonyl (C=O) groups is 2. The van der Waals surface area contributed by atoms with Crippen LogP contribution in [0, 0.1) is 0 Å². The van der Waals surface area contributed by atoms with Crippen LogP contribution in [0.15, 0.2) is 40.9 Å². The number of benzene rings is 1. The lowest BCUT2D eigenvalue weighted by molar-refractivity contribution is -0.129. The first-order valence-electron chi connectivity index (χ1n) is 8.12. The van der Waals surface area contributed by atoms with Crippen LogP contribution in [0.1, 0.15) is 43.0 Å². The predicted octanol–water partition coefficient (Wildman–Crippen LogP) is 2.14. The van der Waals surface area contributed by atoms with Crippen LogP contribution in [0.3, 0.4) is 0 Å². The van der Waals surface area contributed by atoms with E-state index in [1.54, 1.807) is 17.0 Å². The van der Waals surface area contributed by atoms with Crippen molar-refractivity contribution in [3.8, 4) is 0 Å². The maximum absolute atomic E-state index is 12.6. The van der Waals surface area contributed by atoms with Gasteiger partial charge in [0.1, 0.15) is 11.4 Å². The normalized spacial score (nSPS) is 19.0. The second-order valence-corrected chi connectivity index (χ2v) is 7.72. The molecular weight excluding hydrogens is 328 g/mol. The lowest BCUT2D eigenvalue weighted by atomic mass is 10.0. The van der Waals surface area contributed by atoms with Crippen LogP contribution in [0.5, 0.6) is 0 Å². The van der Waals surface area contributed by atoms with Gasteiger partial charge in [0.05, 0.1) is 5.56 Å². The number of likely N-dealkylation sites (N-methyl/N-ethyl adjacent to an activating group) is 1. The smallest absolute Gasteiger partial charge is 0.269 e. The van der Waals surface area contributed by atoms with Gasteiger partial charge >= 0.3 is 0 Å². The minimum absolute atomic E-state index is 0.0252. The molecule has 0 unspecified atom stereocenters. The molecule has 1 aromatic rings. The number of amides is 2. The molecule has 0 N–H and O–H groups in total. The van der Waals surface area contributed by atoms with Gasteiger partial charge in [0, 0.05) is 12.2 Å². The zero-order chi connectivity index (χ0) is 17.3. The number of hydrogen-bond donors (Lipinski definition) is 0. The van der Waals surface area contributed by atoms with Crippen LogP contribution in [-0.2, 0) is 14.8 Å². The first kappa shape index (κ1) is 16.7. The van der Waals surface area contributed by atoms with Gasteiger partial charge in [-0.2, -0.15) is 0 Å². The van der Waals surface area contributed by atoms with E-state index in [9.17, 15) is 18.0 Å². The third kappa shape index (κ3) is 2.73. The highest BCUT2D eigenvalue weighted by atomic mass is 32.2. The van der Waals surface area contributed by atoms with Gasteiger partial charge in [0.25, 0.3) is 15.9 Å². The molecule has 24 heavy (non-hydrogen) atoms. The van der Waals surface area contributed by atoms with Gasteiger partial charge in [-0.05, 0) is 44.7 Å². The van der Waals surface area contributed by atoms with Gasteiger partial charge < -0.3 is 4.90 Å². The van der Waals surface area contributed by atoms with Crippen LogP contribution in [0.25, 0.3) is 0 Å². The topological polar surface area (TPSA) is 74.8 Å². The van der Waals surface area contributed by atoms with E-state index in [4.69, 9.17) is 0 Å². The lowest BCUT2D eigenvalue weighted by Gasteiger charge is -2.28. The SMILES string of the molecule is CCN(C(=O)CN1C(=O)c2ccccc2S1(=O)=O)C1=CCCCC1. The Morgan fingerprint density at radius 1 is 1.25 bits per heavy atom. The summed E-state index contributed by atoms with van der Waals surface area (Å²) in [5, 5.41) is 0. The Morgan fingerprint density at radius 3 is 2.62 bits per heavy atom. The minimum Gasteiger partial charge on any atom is -0.315 e. The first-order chi connectivity index (χ1) is 11.5. The molecule has 1 aliphatic heterocycles. The summed E-state index contributed by atoms with van der Waals surface area (Å²) in [6.07, 6.45) is 5.87. The standard InChI is InChI=1S/C17H20N2O4S/c1-2-18(13-8-4-3-5-9-13)16(20)12-19-17(21)14-10-6-7-11-15(14)24(19,22)23/h6-8,10-11H,2-5,9,12H2,1H3. The van der Waals surface area contributed by atoms with E-state index in [1.807, 2.05) is 13.0 Å². The van der Waals surface area contributed by atoms with E-state index in [1.165, 1.54) is 12.1 Å². The Kier molecular flexibility index (Phi) is 4.45. The van der Waals surface area contributed by atoms with Gasteiger partial charge in [-0.15, -0.1) is 0 Å². The van der Waals surface area contributed by atoms with Gasteiger partial charge in [0.2, 0.25) is 5.91 Å². The van der Waals surface area contributed by atoms with Crippen LogP contribution < -0.4 is 0 Å². The number of carbonyl (C=O) groups excluding carboxylic acids is 2. The van der Waals surface area contributed by atoms with Crippen molar-refractivity contribution >= 4 is 21.8 Å². The number of rotatable bonds is 4. The summed E-state index contributed by atoms with van der Waals surface area (Å²) < 4.78 is 25.8. The van der Waals surface area contributed by atoms with E-state index in [0.717, 1.165) is 31.4 Å². The molecule has 0 saturated heterocycles. The number of allylic oxidation sites excluding steroid dienone is 2. The molecule has 0 aromatic heterocycles. The zero-order valence-corrected chi connectivity index (χ0v) is 14.4. The van der Waals surface area contributed by atoms with Crippen molar-refractivity contribution in [2.45, 2.75) is 37.5 Å². The highest BCUT2D eigenvalue weighted by Gasteiger charge is 2.42. The Morgan fingerprint density at radius 2 is 2.00 bits per heavy atom. The Bertz CT molecular complexity index is 814. The second-order valence-electron chi connectivity index (χ2n) is 5.89. The van der Waals surface area contributed by atoms with Crippen molar-refractivity contribution in [1.82, 2.24) is 9.21 Å². The largest absolute Gasteiger partial charge is 0.315 e. The summed E-state index contributed by atoms with van der Waals surface area (Å²) in [5.41, 5.74) is 1.06. The second kappa shape index (κ2) is 6.39. The maximum atomic E-state index is 12.6. The fraction of sp³-hybridized carbons (Fsp3) is 0.412. The van der Waals surface area contributed by atoms with Gasteiger partial charge in [-0.25, -0.2) is 12.7 Å². The third-order valence-electron chi connectivity index (χ3n) is 4.42. The van der Waals surface area contributed by atoms with E-state index < -0.39 is 22.5 Å². The Labute approximate surface area is 141 Å². The first-order valence-corrected chi connectivity index (χ1v) is 9.56. The summed E-state index contributed by atoms with van der Waals surface area (Å²) in [6, 6.07) is 6.05. The summed E-state index contributed by atoms with van der Waals surface area (Å²) in [7, 11) is -3.95. The van der Waals surface area contributed by atoms with E-state index in [-0.39, 0.29) is 16.4 Å². The average molecular weight is 348 g/mol. The monoisotopic (exact) mass is 348 g/mol. The summed E-state index contributed by atoms with van der Waals surface area (Å²) >= 11 is 0. The quantitative estimate of drug-likeness (QED) is 0.835. The molecule has 0 spiro atoms. The van der Waals surface area contributed by atoms with Crippen molar-refractivity contribution in [3.63, 3.8) is 0 Å². The van der Waals surface area contributed by atoms with Crippen LogP contribution in [0.4, 0.5) is 0 Å². The fourth-order valence-electron chi connectivity index (χ4n) is 3.20. The van der Waals surface area contributed by atoms with Crippen molar-refractivity contribution in [2.75, 3.05) is 13.1 Å². The zero-order valence-electron chi connectivity index (χ0n) is 13.6. The third-order valence-corrected chi connectivity index (χ3v) is 6.21. The number of nitrogens with zero attached hydrogens (tertiary/aromatic N) is 2. The molecule has 0 bridgehead atoms. The van der Waals surface area contributed by atoms with Crippen LogP contribution >= 0.6 is 0 Å². The van der Waals surface area contributed by atoms with Crippen molar-refractivity contribution in [1.29, 1.82) is 0 Å². The molecule has 0 saturated carbocycles.